The van der Waals surface area contributed by atoms with Crippen LogP contribution >= 0.6 is 11.3 Å². The first-order chi connectivity index (χ1) is 16.1. The number of thiazole rings is 1. The van der Waals surface area contributed by atoms with Gasteiger partial charge < -0.3 is 4.90 Å². The van der Waals surface area contributed by atoms with Crippen molar-refractivity contribution in [3.8, 4) is 0 Å². The number of ketones is 1. The fourth-order valence-electron chi connectivity index (χ4n) is 4.98. The minimum Gasteiger partial charge on any atom is -0.338 e. The maximum Gasteiger partial charge on any atom is 0.280 e. The number of likely N-dealkylation sites (tertiary alicyclic amines) is 1. The molecule has 1 aromatic carbocycles. The number of hydrogen-bond acceptors (Lipinski definition) is 7. The summed E-state index contributed by atoms with van der Waals surface area (Å²) in [7, 11) is 1.79. The second-order valence-electron chi connectivity index (χ2n) is 9.18. The normalized spacial score (nSPS) is 19.4. The second kappa shape index (κ2) is 9.73. The molecule has 3 aromatic rings. The van der Waals surface area contributed by atoms with Crippen molar-refractivity contribution in [3.05, 3.63) is 52.1 Å². The molecule has 0 N–H and O–H groups in total. The van der Waals surface area contributed by atoms with E-state index in [4.69, 9.17) is 4.98 Å². The number of benzene rings is 1. The van der Waals surface area contributed by atoms with Gasteiger partial charge >= 0.3 is 0 Å². The van der Waals surface area contributed by atoms with Gasteiger partial charge in [-0.3, -0.25) is 19.1 Å². The zero-order valence-electron chi connectivity index (χ0n) is 19.2. The van der Waals surface area contributed by atoms with Gasteiger partial charge in [-0.1, -0.05) is 48.1 Å². The summed E-state index contributed by atoms with van der Waals surface area (Å²) in [5.41, 5.74) is 1.51. The predicted octanol–water partition coefficient (Wildman–Crippen LogP) is 3.55. The van der Waals surface area contributed by atoms with Gasteiger partial charge in [-0.25, -0.2) is 9.97 Å². The van der Waals surface area contributed by atoms with E-state index < -0.39 is 0 Å². The molecule has 2 aliphatic heterocycles. The van der Waals surface area contributed by atoms with Crippen molar-refractivity contribution in [2.45, 2.75) is 57.5 Å². The van der Waals surface area contributed by atoms with Crippen molar-refractivity contribution >= 4 is 32.6 Å². The van der Waals surface area contributed by atoms with Crippen molar-refractivity contribution in [1.29, 1.82) is 0 Å². The van der Waals surface area contributed by atoms with Crippen LogP contribution in [0.15, 0.2) is 35.1 Å². The van der Waals surface area contributed by atoms with E-state index in [-0.39, 0.29) is 17.4 Å². The molecular weight excluding hydrogens is 434 g/mol. The molecule has 0 aliphatic carbocycles. The minimum absolute atomic E-state index is 0.0966. The van der Waals surface area contributed by atoms with Gasteiger partial charge in [-0.2, -0.15) is 0 Å². The highest BCUT2D eigenvalue weighted by Gasteiger charge is 2.32. The van der Waals surface area contributed by atoms with Gasteiger partial charge in [0.05, 0.1) is 12.6 Å². The first-order valence-electron chi connectivity index (χ1n) is 12.0. The van der Waals surface area contributed by atoms with Crippen molar-refractivity contribution in [2.24, 2.45) is 7.05 Å². The van der Waals surface area contributed by atoms with E-state index in [1.54, 1.807) is 11.6 Å². The molecule has 0 amide bonds. The zero-order valence-corrected chi connectivity index (χ0v) is 20.0. The third-order valence-electron chi connectivity index (χ3n) is 6.91. The number of anilines is 1. The third kappa shape index (κ3) is 4.73. The molecule has 0 unspecified atom stereocenters. The van der Waals surface area contributed by atoms with E-state index in [9.17, 15) is 9.59 Å². The Hall–Kier alpha value is -2.58. The largest absolute Gasteiger partial charge is 0.338 e. The van der Waals surface area contributed by atoms with Gasteiger partial charge in [0, 0.05) is 20.0 Å². The maximum absolute atomic E-state index is 13.1. The lowest BCUT2D eigenvalue weighted by Gasteiger charge is -2.26. The quantitative estimate of drug-likeness (QED) is 0.532. The lowest BCUT2D eigenvalue weighted by Crippen LogP contribution is -2.36. The van der Waals surface area contributed by atoms with Gasteiger partial charge in [0.25, 0.3) is 5.56 Å². The Balaban J connectivity index is 1.35. The van der Waals surface area contributed by atoms with E-state index in [2.05, 4.69) is 26.9 Å². The molecule has 0 bridgehead atoms. The van der Waals surface area contributed by atoms with Crippen LogP contribution in [0, 0.1) is 0 Å². The van der Waals surface area contributed by atoms with Crippen molar-refractivity contribution < 1.29 is 4.79 Å². The van der Waals surface area contributed by atoms with Crippen LogP contribution in [-0.2, 0) is 24.8 Å². The number of piperidine rings is 1. The summed E-state index contributed by atoms with van der Waals surface area (Å²) in [6.45, 7) is 3.60. The monoisotopic (exact) mass is 465 g/mol. The van der Waals surface area contributed by atoms with Crippen LogP contribution in [0.2, 0.25) is 0 Å². The summed E-state index contributed by atoms with van der Waals surface area (Å²) < 4.78 is 1.65. The Morgan fingerprint density at radius 1 is 1.06 bits per heavy atom. The average molecular weight is 466 g/mol. The summed E-state index contributed by atoms with van der Waals surface area (Å²) in [4.78, 5) is 40.8. The molecule has 2 saturated heterocycles. The summed E-state index contributed by atoms with van der Waals surface area (Å²) in [6, 6.07) is 9.98. The molecule has 0 saturated carbocycles. The van der Waals surface area contributed by atoms with Crippen LogP contribution < -0.4 is 10.5 Å². The Kier molecular flexibility index (Phi) is 6.55. The molecule has 33 heavy (non-hydrogen) atoms. The highest BCUT2D eigenvalue weighted by atomic mass is 32.1. The van der Waals surface area contributed by atoms with Gasteiger partial charge in [-0.15, -0.1) is 0 Å². The fourth-order valence-corrected chi connectivity index (χ4v) is 6.00. The summed E-state index contributed by atoms with van der Waals surface area (Å²) in [5, 5.41) is 0.750. The standard InChI is InChI=1S/C25H31N5O2S/c1-28-21(17-29-14-6-3-7-15-29)26-23-22(24(28)32)27-25(33-23)30-16-8-11-19(30)20(31)13-12-18-9-4-2-5-10-18/h2,4-5,9-10,19H,3,6-8,11-17H2,1H3/t19-/m1/s1. The molecule has 0 spiro atoms. The molecule has 2 fully saturated rings. The Bertz CT molecular complexity index is 1180. The van der Waals surface area contributed by atoms with E-state index in [0.717, 1.165) is 49.9 Å². The molecule has 2 aliphatic rings. The van der Waals surface area contributed by atoms with Gasteiger partial charge in [0.15, 0.2) is 21.3 Å². The smallest absolute Gasteiger partial charge is 0.280 e. The molecule has 174 valence electrons. The van der Waals surface area contributed by atoms with Crippen LogP contribution in [0.4, 0.5) is 5.13 Å². The highest BCUT2D eigenvalue weighted by molar-refractivity contribution is 7.21. The molecular formula is C25H31N5O2S. The van der Waals surface area contributed by atoms with Gasteiger partial charge in [0.1, 0.15) is 5.82 Å². The summed E-state index contributed by atoms with van der Waals surface area (Å²) in [6.07, 6.45) is 6.77. The fraction of sp³-hybridized carbons (Fsp3) is 0.520. The first kappa shape index (κ1) is 22.2. The van der Waals surface area contributed by atoms with E-state index in [1.807, 2.05) is 18.2 Å². The molecule has 0 radical (unpaired) electrons. The van der Waals surface area contributed by atoms with Gasteiger partial charge in [0.2, 0.25) is 0 Å². The first-order valence-corrected chi connectivity index (χ1v) is 12.8. The molecule has 8 heteroatoms. The number of nitrogens with zero attached hydrogens (tertiary/aromatic N) is 5. The van der Waals surface area contributed by atoms with Crippen molar-refractivity contribution in [1.82, 2.24) is 19.4 Å². The number of fused-ring (bicyclic) bond motifs is 1. The lowest BCUT2D eigenvalue weighted by molar-refractivity contribution is -0.120. The highest BCUT2D eigenvalue weighted by Crippen LogP contribution is 2.32. The zero-order chi connectivity index (χ0) is 22.8. The molecule has 7 nitrogen and oxygen atoms in total. The van der Waals surface area contributed by atoms with E-state index >= 15 is 0 Å². The predicted molar refractivity (Wildman–Crippen MR) is 132 cm³/mol. The van der Waals surface area contributed by atoms with Crippen molar-refractivity contribution in [3.63, 3.8) is 0 Å². The van der Waals surface area contributed by atoms with Crippen LogP contribution in [0.1, 0.15) is 49.9 Å². The lowest BCUT2D eigenvalue weighted by atomic mass is 10.0. The number of rotatable bonds is 7. The van der Waals surface area contributed by atoms with Crippen LogP contribution in [-0.4, -0.2) is 50.9 Å². The summed E-state index contributed by atoms with van der Waals surface area (Å²) in [5.74, 6) is 1.05. The number of carbonyl (C=O) groups excluding carboxylic acids is 1. The van der Waals surface area contributed by atoms with E-state index in [0.29, 0.717) is 23.3 Å². The topological polar surface area (TPSA) is 71.3 Å². The molecule has 4 heterocycles. The molecule has 1 atom stereocenters. The van der Waals surface area contributed by atoms with Crippen LogP contribution in [0.5, 0.6) is 0 Å². The number of carbonyl (C=O) groups is 1. The third-order valence-corrected chi connectivity index (χ3v) is 7.90. The Morgan fingerprint density at radius 3 is 2.64 bits per heavy atom. The number of Topliss-reactive ketones (excluding diaryl/α,β-unsaturated/α-hetero) is 1. The van der Waals surface area contributed by atoms with Gasteiger partial charge in [-0.05, 0) is 50.8 Å². The number of aromatic nitrogens is 3. The maximum atomic E-state index is 13.1. The second-order valence-corrected chi connectivity index (χ2v) is 10.1. The van der Waals surface area contributed by atoms with Crippen molar-refractivity contribution in [2.75, 3.05) is 24.5 Å². The van der Waals surface area contributed by atoms with Crippen LogP contribution in [0.3, 0.4) is 0 Å². The molecule has 5 rings (SSSR count). The molecule has 2 aromatic heterocycles. The van der Waals surface area contributed by atoms with Crippen LogP contribution in [0.25, 0.3) is 10.3 Å². The number of hydrogen-bond donors (Lipinski definition) is 0. The Labute approximate surface area is 198 Å². The Morgan fingerprint density at radius 2 is 1.85 bits per heavy atom. The summed E-state index contributed by atoms with van der Waals surface area (Å²) >= 11 is 1.45. The SMILES string of the molecule is Cn1c(CN2CCCCC2)nc2sc(N3CCC[C@@H]3C(=O)CCc3ccccc3)nc2c1=O. The number of aryl methyl sites for hydroxylation is 1. The average Bonchev–Trinajstić information content (AvgIpc) is 3.49. The van der Waals surface area contributed by atoms with E-state index in [1.165, 1.54) is 36.2 Å². The minimum atomic E-state index is -0.161.